The van der Waals surface area contributed by atoms with Crippen LogP contribution in [0.4, 0.5) is 5.69 Å². The van der Waals surface area contributed by atoms with E-state index in [0.29, 0.717) is 22.3 Å². The van der Waals surface area contributed by atoms with E-state index in [1.54, 1.807) is 38.4 Å². The molecule has 0 amide bonds. The van der Waals surface area contributed by atoms with Gasteiger partial charge < -0.3 is 14.6 Å². The van der Waals surface area contributed by atoms with Crippen LogP contribution in [0.2, 0.25) is 10.0 Å². The Hall–Kier alpha value is -2.77. The van der Waals surface area contributed by atoms with E-state index >= 15 is 0 Å². The van der Waals surface area contributed by atoms with Crippen molar-refractivity contribution in [3.05, 3.63) is 79.9 Å². The van der Waals surface area contributed by atoms with Gasteiger partial charge in [0.15, 0.2) is 5.69 Å². The standard InChI is InChI=1S/C22H22Cl2N4O3/c1-3-31-22(30)20-17(12-28(26-20)16-8-9-16)19(13-4-6-14(23)7-5-13)25-15-10-18(24)21(29)27(2)11-15/h4-7,10-12,16,19,25H,3,8-9H2,1-2H3. The van der Waals surface area contributed by atoms with Crippen molar-refractivity contribution in [2.75, 3.05) is 11.9 Å². The molecule has 0 bridgehead atoms. The summed E-state index contributed by atoms with van der Waals surface area (Å²) in [5.41, 5.74) is 2.15. The van der Waals surface area contributed by atoms with E-state index in [1.807, 2.05) is 23.0 Å². The Morgan fingerprint density at radius 3 is 2.58 bits per heavy atom. The maximum Gasteiger partial charge on any atom is 0.359 e. The van der Waals surface area contributed by atoms with E-state index in [2.05, 4.69) is 10.4 Å². The molecule has 1 fully saturated rings. The first-order chi connectivity index (χ1) is 14.9. The van der Waals surface area contributed by atoms with Gasteiger partial charge in [0.25, 0.3) is 5.56 Å². The zero-order chi connectivity index (χ0) is 22.1. The number of anilines is 1. The lowest BCUT2D eigenvalue weighted by atomic mass is 9.98. The third-order valence-electron chi connectivity index (χ3n) is 5.11. The van der Waals surface area contributed by atoms with Crippen molar-refractivity contribution >= 4 is 34.9 Å². The third-order valence-corrected chi connectivity index (χ3v) is 5.64. The lowest BCUT2D eigenvalue weighted by molar-refractivity contribution is 0.0517. The van der Waals surface area contributed by atoms with Crippen molar-refractivity contribution in [1.29, 1.82) is 0 Å². The van der Waals surface area contributed by atoms with Crippen LogP contribution in [0.15, 0.2) is 47.5 Å². The highest BCUT2D eigenvalue weighted by molar-refractivity contribution is 6.30. The van der Waals surface area contributed by atoms with E-state index in [0.717, 1.165) is 18.4 Å². The average Bonchev–Trinajstić information content (AvgIpc) is 3.50. The second kappa shape index (κ2) is 8.77. The lowest BCUT2D eigenvalue weighted by Crippen LogP contribution is -2.20. The number of rotatable bonds is 7. The molecule has 0 saturated heterocycles. The summed E-state index contributed by atoms with van der Waals surface area (Å²) in [5.74, 6) is -0.476. The Kier molecular flexibility index (Phi) is 6.07. The van der Waals surface area contributed by atoms with Gasteiger partial charge in [0.05, 0.1) is 24.4 Å². The zero-order valence-electron chi connectivity index (χ0n) is 17.1. The van der Waals surface area contributed by atoms with Crippen molar-refractivity contribution in [3.63, 3.8) is 0 Å². The normalized spacial score (nSPS) is 14.3. The van der Waals surface area contributed by atoms with Crippen molar-refractivity contribution in [1.82, 2.24) is 14.3 Å². The average molecular weight is 461 g/mol. The number of pyridine rings is 1. The number of hydrogen-bond acceptors (Lipinski definition) is 5. The fourth-order valence-electron chi connectivity index (χ4n) is 3.41. The molecule has 0 radical (unpaired) electrons. The van der Waals surface area contributed by atoms with Crippen LogP contribution in [0.3, 0.4) is 0 Å². The van der Waals surface area contributed by atoms with Crippen molar-refractivity contribution in [2.45, 2.75) is 31.8 Å². The molecule has 3 aromatic rings. The zero-order valence-corrected chi connectivity index (χ0v) is 18.7. The van der Waals surface area contributed by atoms with E-state index in [1.165, 1.54) is 4.57 Å². The SMILES string of the molecule is CCOC(=O)c1nn(C2CC2)cc1C(Nc1cc(Cl)c(=O)n(C)c1)c1ccc(Cl)cc1. The topological polar surface area (TPSA) is 78.2 Å². The van der Waals surface area contributed by atoms with Crippen LogP contribution in [-0.4, -0.2) is 26.9 Å². The maximum atomic E-state index is 12.7. The Labute approximate surface area is 189 Å². The number of aryl methyl sites for hydroxylation is 1. The van der Waals surface area contributed by atoms with E-state index in [9.17, 15) is 9.59 Å². The lowest BCUT2D eigenvalue weighted by Gasteiger charge is -2.21. The minimum atomic E-state index is -0.476. The molecule has 1 aliphatic rings. The first-order valence-corrected chi connectivity index (χ1v) is 10.8. The van der Waals surface area contributed by atoms with Crippen LogP contribution >= 0.6 is 23.2 Å². The van der Waals surface area contributed by atoms with Crippen molar-refractivity contribution in [3.8, 4) is 0 Å². The molecule has 1 atom stereocenters. The molecule has 31 heavy (non-hydrogen) atoms. The number of aromatic nitrogens is 3. The molecule has 4 rings (SSSR count). The largest absolute Gasteiger partial charge is 0.461 e. The highest BCUT2D eigenvalue weighted by Crippen LogP contribution is 2.37. The van der Waals surface area contributed by atoms with Crippen LogP contribution in [0, 0.1) is 0 Å². The quantitative estimate of drug-likeness (QED) is 0.521. The van der Waals surface area contributed by atoms with Crippen LogP contribution in [-0.2, 0) is 11.8 Å². The molecule has 9 heteroatoms. The minimum Gasteiger partial charge on any atom is -0.461 e. The summed E-state index contributed by atoms with van der Waals surface area (Å²) in [5, 5.41) is 8.64. The molecule has 2 aromatic heterocycles. The number of esters is 1. The summed E-state index contributed by atoms with van der Waals surface area (Å²) < 4.78 is 8.50. The van der Waals surface area contributed by atoms with Gasteiger partial charge in [-0.15, -0.1) is 0 Å². The fraction of sp³-hybridized carbons (Fsp3) is 0.318. The second-order valence-corrected chi connectivity index (χ2v) is 8.33. The van der Waals surface area contributed by atoms with Gasteiger partial charge in [-0.2, -0.15) is 5.10 Å². The van der Waals surface area contributed by atoms with Gasteiger partial charge >= 0.3 is 5.97 Å². The van der Waals surface area contributed by atoms with E-state index < -0.39 is 12.0 Å². The van der Waals surface area contributed by atoms with E-state index in [-0.39, 0.29) is 22.9 Å². The first-order valence-electron chi connectivity index (χ1n) is 10.0. The summed E-state index contributed by atoms with van der Waals surface area (Å²) in [4.78, 5) is 24.7. The van der Waals surface area contributed by atoms with Crippen molar-refractivity contribution < 1.29 is 9.53 Å². The first kappa shape index (κ1) is 21.5. The maximum absolute atomic E-state index is 12.7. The molecule has 162 valence electrons. The second-order valence-electron chi connectivity index (χ2n) is 7.49. The highest BCUT2D eigenvalue weighted by atomic mass is 35.5. The van der Waals surface area contributed by atoms with E-state index in [4.69, 9.17) is 27.9 Å². The summed E-state index contributed by atoms with van der Waals surface area (Å²) in [6.07, 6.45) is 5.60. The summed E-state index contributed by atoms with van der Waals surface area (Å²) in [6, 6.07) is 8.75. The van der Waals surface area contributed by atoms with Crippen LogP contribution in [0.25, 0.3) is 0 Å². The van der Waals surface area contributed by atoms with Gasteiger partial charge in [-0.25, -0.2) is 4.79 Å². The third kappa shape index (κ3) is 4.62. The molecule has 1 aromatic carbocycles. The molecule has 1 N–H and O–H groups in total. The van der Waals surface area contributed by atoms with Gasteiger partial charge in [0.1, 0.15) is 5.02 Å². The van der Waals surface area contributed by atoms with Crippen molar-refractivity contribution in [2.24, 2.45) is 7.05 Å². The van der Waals surface area contributed by atoms with Gasteiger partial charge in [-0.3, -0.25) is 9.48 Å². The molecule has 0 spiro atoms. The Balaban J connectivity index is 1.82. The molecule has 1 aliphatic carbocycles. The number of nitrogens with one attached hydrogen (secondary N) is 1. The molecule has 1 saturated carbocycles. The number of hydrogen-bond donors (Lipinski definition) is 1. The Morgan fingerprint density at radius 2 is 1.97 bits per heavy atom. The van der Waals surface area contributed by atoms with Gasteiger partial charge in [-0.1, -0.05) is 35.3 Å². The molecular weight excluding hydrogens is 439 g/mol. The number of benzene rings is 1. The molecule has 7 nitrogen and oxygen atoms in total. The molecule has 1 unspecified atom stereocenters. The number of carbonyl (C=O) groups is 1. The van der Waals surface area contributed by atoms with Gasteiger partial charge in [0.2, 0.25) is 0 Å². The van der Waals surface area contributed by atoms with Gasteiger partial charge in [0, 0.05) is 30.0 Å². The Morgan fingerprint density at radius 1 is 1.26 bits per heavy atom. The predicted molar refractivity (Wildman–Crippen MR) is 120 cm³/mol. The number of nitrogens with zero attached hydrogens (tertiary/aromatic N) is 3. The summed E-state index contributed by atoms with van der Waals surface area (Å²) >= 11 is 12.2. The van der Waals surface area contributed by atoms with Crippen LogP contribution in [0.1, 0.15) is 53.5 Å². The fourth-order valence-corrected chi connectivity index (χ4v) is 3.79. The van der Waals surface area contributed by atoms with Crippen LogP contribution < -0.4 is 10.9 Å². The molecule has 0 aliphatic heterocycles. The van der Waals surface area contributed by atoms with Gasteiger partial charge in [-0.05, 0) is 43.5 Å². The number of halogens is 2. The number of ether oxygens (including phenoxy) is 1. The smallest absolute Gasteiger partial charge is 0.359 e. The highest BCUT2D eigenvalue weighted by Gasteiger charge is 2.31. The molecular formula is C22H22Cl2N4O3. The summed E-state index contributed by atoms with van der Waals surface area (Å²) in [6.45, 7) is 2.01. The Bertz CT molecular complexity index is 1140. The molecule has 2 heterocycles. The summed E-state index contributed by atoms with van der Waals surface area (Å²) in [7, 11) is 1.63. The monoisotopic (exact) mass is 460 g/mol. The predicted octanol–water partition coefficient (Wildman–Crippen LogP) is 4.60. The minimum absolute atomic E-state index is 0.0987. The number of carbonyl (C=O) groups excluding carboxylic acids is 1. The van der Waals surface area contributed by atoms with Crippen LogP contribution in [0.5, 0.6) is 0 Å².